The van der Waals surface area contributed by atoms with Crippen LogP contribution in [0.1, 0.15) is 58.6 Å². The highest BCUT2D eigenvalue weighted by atomic mass is 19.1. The Balaban J connectivity index is 1.68. The van der Waals surface area contributed by atoms with Gasteiger partial charge in [-0.2, -0.15) is 0 Å². The fraction of sp³-hybridized carbons (Fsp3) is 0.682. The molecule has 142 valence electrons. The molecule has 1 aliphatic heterocycles. The van der Waals surface area contributed by atoms with Gasteiger partial charge in [0.2, 0.25) is 5.91 Å². The van der Waals surface area contributed by atoms with Gasteiger partial charge in [-0.15, -0.1) is 0 Å². The molecule has 0 aromatic heterocycles. The van der Waals surface area contributed by atoms with Gasteiger partial charge in [0.25, 0.3) is 0 Å². The number of carbonyl (C=O) groups is 1. The SMILES string of the molecule is CC(C)C(=O)N[C@H]1C(C)(C)[C@@H]2C[C@@H]3[C@@H](c4ccc(F)cc4)OCC[C@@]31C2. The van der Waals surface area contributed by atoms with Crippen LogP contribution < -0.4 is 5.32 Å². The predicted molar refractivity (Wildman–Crippen MR) is 98.9 cm³/mol. The van der Waals surface area contributed by atoms with E-state index in [0.717, 1.165) is 24.8 Å². The first-order valence-electron chi connectivity index (χ1n) is 9.93. The summed E-state index contributed by atoms with van der Waals surface area (Å²) in [7, 11) is 0. The molecule has 3 fully saturated rings. The summed E-state index contributed by atoms with van der Waals surface area (Å²) in [5.74, 6) is 0.906. The molecule has 26 heavy (non-hydrogen) atoms. The van der Waals surface area contributed by atoms with Crippen LogP contribution in [0.3, 0.4) is 0 Å². The van der Waals surface area contributed by atoms with Gasteiger partial charge in [-0.05, 0) is 59.6 Å². The summed E-state index contributed by atoms with van der Waals surface area (Å²) >= 11 is 0. The lowest BCUT2D eigenvalue weighted by atomic mass is 9.58. The van der Waals surface area contributed by atoms with Gasteiger partial charge in [-0.25, -0.2) is 4.39 Å². The van der Waals surface area contributed by atoms with Crippen molar-refractivity contribution in [2.75, 3.05) is 6.61 Å². The number of benzene rings is 1. The van der Waals surface area contributed by atoms with Gasteiger partial charge in [-0.1, -0.05) is 39.8 Å². The van der Waals surface area contributed by atoms with Crippen molar-refractivity contribution in [2.45, 2.75) is 59.1 Å². The summed E-state index contributed by atoms with van der Waals surface area (Å²) in [5, 5.41) is 3.42. The van der Waals surface area contributed by atoms with Crippen LogP contribution in [0.4, 0.5) is 4.39 Å². The van der Waals surface area contributed by atoms with Gasteiger partial charge in [0, 0.05) is 18.6 Å². The fourth-order valence-electron chi connectivity index (χ4n) is 6.08. The van der Waals surface area contributed by atoms with Gasteiger partial charge in [0.1, 0.15) is 5.82 Å². The zero-order valence-corrected chi connectivity index (χ0v) is 16.2. The molecule has 1 saturated heterocycles. The molecule has 2 saturated carbocycles. The lowest BCUT2D eigenvalue weighted by Gasteiger charge is -2.53. The first-order valence-corrected chi connectivity index (χ1v) is 9.93. The molecule has 1 amide bonds. The van der Waals surface area contributed by atoms with Crippen molar-refractivity contribution >= 4 is 5.91 Å². The average molecular weight is 359 g/mol. The summed E-state index contributed by atoms with van der Waals surface area (Å²) in [6, 6.07) is 6.94. The standard InChI is InChI=1S/C22H30FNO2/c1-13(2)19(25)24-20-21(3,4)15-11-17-18(14-5-7-16(23)8-6-14)26-10-9-22(17,20)12-15/h5-8,13,15,17-18,20H,9-12H2,1-4H3,(H,24,25)/t15-,17-,18-,20+,22-/m1/s1. The number of halogens is 1. The van der Waals surface area contributed by atoms with E-state index >= 15 is 0 Å². The molecule has 1 N–H and O–H groups in total. The van der Waals surface area contributed by atoms with Crippen molar-refractivity contribution < 1.29 is 13.9 Å². The van der Waals surface area contributed by atoms with Gasteiger partial charge in [0.15, 0.2) is 0 Å². The second kappa shape index (κ2) is 6.05. The van der Waals surface area contributed by atoms with Crippen molar-refractivity contribution in [3.63, 3.8) is 0 Å². The number of fused-ring (bicyclic) bond motifs is 1. The smallest absolute Gasteiger partial charge is 0.222 e. The lowest BCUT2D eigenvalue weighted by molar-refractivity contribution is -0.139. The topological polar surface area (TPSA) is 38.3 Å². The molecule has 4 heteroatoms. The highest BCUT2D eigenvalue weighted by molar-refractivity contribution is 5.78. The number of hydrogen-bond acceptors (Lipinski definition) is 2. The van der Waals surface area contributed by atoms with E-state index in [1.54, 1.807) is 0 Å². The average Bonchev–Trinajstić information content (AvgIpc) is 3.08. The van der Waals surface area contributed by atoms with E-state index in [-0.39, 0.29) is 40.6 Å². The van der Waals surface area contributed by atoms with Crippen molar-refractivity contribution in [3.8, 4) is 0 Å². The summed E-state index contributed by atoms with van der Waals surface area (Å²) in [5.41, 5.74) is 1.26. The zero-order valence-electron chi connectivity index (χ0n) is 16.2. The lowest BCUT2D eigenvalue weighted by Crippen LogP contribution is -2.59. The number of carbonyl (C=O) groups excluding carboxylic acids is 1. The summed E-state index contributed by atoms with van der Waals surface area (Å²) < 4.78 is 19.6. The minimum atomic E-state index is -0.213. The second-order valence-electron chi connectivity index (χ2n) is 9.49. The van der Waals surface area contributed by atoms with Crippen LogP contribution in [0.5, 0.6) is 0 Å². The van der Waals surface area contributed by atoms with E-state index < -0.39 is 0 Å². The van der Waals surface area contributed by atoms with Crippen molar-refractivity contribution in [1.29, 1.82) is 0 Å². The Labute approximate surface area is 155 Å². The molecule has 2 bridgehead atoms. The molecule has 1 aromatic carbocycles. The van der Waals surface area contributed by atoms with E-state index in [2.05, 4.69) is 19.2 Å². The Morgan fingerprint density at radius 1 is 1.27 bits per heavy atom. The molecule has 4 rings (SSSR count). The van der Waals surface area contributed by atoms with Crippen LogP contribution in [0.15, 0.2) is 24.3 Å². The fourth-order valence-corrected chi connectivity index (χ4v) is 6.08. The predicted octanol–water partition coefficient (Wildman–Crippen LogP) is 4.48. The minimum absolute atomic E-state index is 0.00361. The maximum atomic E-state index is 13.4. The zero-order chi connectivity index (χ0) is 18.7. The highest BCUT2D eigenvalue weighted by Crippen LogP contribution is 2.70. The Hall–Kier alpha value is -1.42. The van der Waals surface area contributed by atoms with Gasteiger partial charge < -0.3 is 10.1 Å². The first kappa shape index (κ1) is 18.0. The molecule has 0 unspecified atom stereocenters. The highest BCUT2D eigenvalue weighted by Gasteiger charge is 2.68. The third-order valence-corrected chi connectivity index (χ3v) is 7.51. The number of ether oxygens (including phenoxy) is 1. The Morgan fingerprint density at radius 3 is 2.62 bits per heavy atom. The number of rotatable bonds is 3. The van der Waals surface area contributed by atoms with Crippen LogP contribution in [-0.2, 0) is 9.53 Å². The molecule has 3 nitrogen and oxygen atoms in total. The minimum Gasteiger partial charge on any atom is -0.373 e. The second-order valence-corrected chi connectivity index (χ2v) is 9.49. The molecule has 1 heterocycles. The molecule has 1 aromatic rings. The van der Waals surface area contributed by atoms with Crippen LogP contribution in [-0.4, -0.2) is 18.6 Å². The van der Waals surface area contributed by atoms with Crippen LogP contribution in [0, 0.1) is 34.4 Å². The van der Waals surface area contributed by atoms with E-state index in [9.17, 15) is 9.18 Å². The molecular weight excluding hydrogens is 329 g/mol. The first-order chi connectivity index (χ1) is 12.3. The quantitative estimate of drug-likeness (QED) is 0.864. The van der Waals surface area contributed by atoms with E-state index in [0.29, 0.717) is 18.4 Å². The molecule has 3 aliphatic rings. The van der Waals surface area contributed by atoms with Crippen LogP contribution in [0.2, 0.25) is 0 Å². The van der Waals surface area contributed by atoms with Crippen LogP contribution in [0.25, 0.3) is 0 Å². The maximum Gasteiger partial charge on any atom is 0.222 e. The summed E-state index contributed by atoms with van der Waals surface area (Å²) in [4.78, 5) is 12.5. The normalized spacial score (nSPS) is 37.6. The Bertz CT molecular complexity index is 699. The number of hydrogen-bond donors (Lipinski definition) is 1. The van der Waals surface area contributed by atoms with Gasteiger partial charge in [-0.3, -0.25) is 4.79 Å². The largest absolute Gasteiger partial charge is 0.373 e. The van der Waals surface area contributed by atoms with Gasteiger partial charge >= 0.3 is 0 Å². The molecule has 2 aliphatic carbocycles. The van der Waals surface area contributed by atoms with Crippen molar-refractivity contribution in [3.05, 3.63) is 35.6 Å². The van der Waals surface area contributed by atoms with Crippen LogP contribution >= 0.6 is 0 Å². The monoisotopic (exact) mass is 359 g/mol. The van der Waals surface area contributed by atoms with E-state index in [1.807, 2.05) is 26.0 Å². The molecule has 5 atom stereocenters. The van der Waals surface area contributed by atoms with E-state index in [1.165, 1.54) is 12.1 Å². The molecule has 0 radical (unpaired) electrons. The van der Waals surface area contributed by atoms with Crippen molar-refractivity contribution in [2.24, 2.45) is 28.6 Å². The third kappa shape index (κ3) is 2.52. The summed E-state index contributed by atoms with van der Waals surface area (Å²) in [6.07, 6.45) is 3.29. The van der Waals surface area contributed by atoms with Crippen molar-refractivity contribution in [1.82, 2.24) is 5.32 Å². The Morgan fingerprint density at radius 2 is 1.96 bits per heavy atom. The summed E-state index contributed by atoms with van der Waals surface area (Å²) in [6.45, 7) is 9.24. The molecule has 1 spiro atoms. The number of amides is 1. The maximum absolute atomic E-state index is 13.4. The Kier molecular flexibility index (Phi) is 4.18. The molecular formula is C22H30FNO2. The number of nitrogens with one attached hydrogen (secondary N) is 1. The third-order valence-electron chi connectivity index (χ3n) is 7.51. The van der Waals surface area contributed by atoms with E-state index in [4.69, 9.17) is 4.74 Å². The van der Waals surface area contributed by atoms with Gasteiger partial charge in [0.05, 0.1) is 6.10 Å².